The van der Waals surface area contributed by atoms with Crippen LogP contribution in [0.3, 0.4) is 0 Å². The van der Waals surface area contributed by atoms with Crippen LogP contribution in [0.5, 0.6) is 0 Å². The lowest BCUT2D eigenvalue weighted by Gasteiger charge is -2.25. The number of amides is 1. The molecule has 0 N–H and O–H groups in total. The van der Waals surface area contributed by atoms with Crippen LogP contribution >= 0.6 is 0 Å². The summed E-state index contributed by atoms with van der Waals surface area (Å²) in [5, 5.41) is 4.06. The Bertz CT molecular complexity index is 1030. The summed E-state index contributed by atoms with van der Waals surface area (Å²) in [6, 6.07) is -0.169. The van der Waals surface area contributed by atoms with E-state index in [1.54, 1.807) is 12.4 Å². The molecule has 1 amide bonds. The van der Waals surface area contributed by atoms with Crippen LogP contribution < -0.4 is 0 Å². The number of rotatable bonds is 3. The van der Waals surface area contributed by atoms with E-state index in [9.17, 15) is 4.79 Å². The monoisotopic (exact) mass is 378 g/mol. The van der Waals surface area contributed by atoms with E-state index in [1.807, 2.05) is 32.6 Å². The van der Waals surface area contributed by atoms with E-state index >= 15 is 0 Å². The second-order valence-electron chi connectivity index (χ2n) is 7.14. The number of carbonyl (C=O) groups is 1. The smallest absolute Gasteiger partial charge is 0.274 e. The summed E-state index contributed by atoms with van der Waals surface area (Å²) in [6.45, 7) is 8.20. The third-order valence-corrected chi connectivity index (χ3v) is 5.17. The first kappa shape index (κ1) is 18.2. The first-order valence-electron chi connectivity index (χ1n) is 9.32. The van der Waals surface area contributed by atoms with Gasteiger partial charge in [0.05, 0.1) is 34.9 Å². The summed E-state index contributed by atoms with van der Waals surface area (Å²) in [4.78, 5) is 32.4. The van der Waals surface area contributed by atoms with Crippen molar-refractivity contribution in [2.45, 2.75) is 46.6 Å². The number of hydrogen-bond donors (Lipinski definition) is 0. The zero-order valence-electron chi connectivity index (χ0n) is 16.4. The summed E-state index contributed by atoms with van der Waals surface area (Å²) < 4.78 is 5.56. The number of hydrogen-bond acceptors (Lipinski definition) is 7. The fourth-order valence-electron chi connectivity index (χ4n) is 3.53. The number of aromatic nitrogens is 5. The molecule has 1 fully saturated rings. The SMILES string of the molecule is Cc1cnc(C(=O)N2CCC[C@@H]2c2nc(C)ncc2-c2onc(C)c2C)cn1. The minimum Gasteiger partial charge on any atom is -0.356 e. The van der Waals surface area contributed by atoms with Gasteiger partial charge in [-0.05, 0) is 40.5 Å². The Morgan fingerprint density at radius 2 is 1.93 bits per heavy atom. The molecular weight excluding hydrogens is 356 g/mol. The van der Waals surface area contributed by atoms with Crippen LogP contribution in [0, 0.1) is 27.7 Å². The summed E-state index contributed by atoms with van der Waals surface area (Å²) in [7, 11) is 0. The Morgan fingerprint density at radius 1 is 1.11 bits per heavy atom. The average Bonchev–Trinajstić information content (AvgIpc) is 3.30. The van der Waals surface area contributed by atoms with Crippen LogP contribution in [0.4, 0.5) is 0 Å². The Labute approximate surface area is 163 Å². The van der Waals surface area contributed by atoms with Gasteiger partial charge in [0.1, 0.15) is 11.5 Å². The van der Waals surface area contributed by atoms with Crippen molar-refractivity contribution in [2.24, 2.45) is 0 Å². The molecule has 28 heavy (non-hydrogen) atoms. The molecule has 0 aliphatic carbocycles. The summed E-state index contributed by atoms with van der Waals surface area (Å²) in [6.07, 6.45) is 6.62. The molecule has 1 atom stereocenters. The van der Waals surface area contributed by atoms with E-state index in [0.717, 1.165) is 41.1 Å². The maximum absolute atomic E-state index is 13.1. The molecule has 0 bridgehead atoms. The van der Waals surface area contributed by atoms with Gasteiger partial charge in [0.2, 0.25) is 0 Å². The van der Waals surface area contributed by atoms with Crippen LogP contribution in [-0.4, -0.2) is 42.4 Å². The zero-order chi connectivity index (χ0) is 19.8. The highest BCUT2D eigenvalue weighted by molar-refractivity contribution is 5.92. The van der Waals surface area contributed by atoms with Gasteiger partial charge in [-0.25, -0.2) is 15.0 Å². The van der Waals surface area contributed by atoms with Crippen LogP contribution in [-0.2, 0) is 0 Å². The Balaban J connectivity index is 1.75. The van der Waals surface area contributed by atoms with Crippen molar-refractivity contribution in [3.8, 4) is 11.3 Å². The highest BCUT2D eigenvalue weighted by Crippen LogP contribution is 2.38. The van der Waals surface area contributed by atoms with Gasteiger partial charge in [-0.2, -0.15) is 0 Å². The van der Waals surface area contributed by atoms with E-state index in [0.29, 0.717) is 23.8 Å². The molecule has 0 radical (unpaired) electrons. The molecule has 144 valence electrons. The van der Waals surface area contributed by atoms with Crippen LogP contribution in [0.15, 0.2) is 23.1 Å². The van der Waals surface area contributed by atoms with Crippen LogP contribution in [0.1, 0.15) is 57.8 Å². The van der Waals surface area contributed by atoms with Gasteiger partial charge in [-0.1, -0.05) is 5.16 Å². The summed E-state index contributed by atoms with van der Waals surface area (Å²) in [5.41, 5.74) is 4.47. The second kappa shape index (κ2) is 7.10. The lowest BCUT2D eigenvalue weighted by Crippen LogP contribution is -2.32. The predicted molar refractivity (Wildman–Crippen MR) is 102 cm³/mol. The van der Waals surface area contributed by atoms with E-state index in [-0.39, 0.29) is 11.9 Å². The highest BCUT2D eigenvalue weighted by atomic mass is 16.5. The first-order valence-corrected chi connectivity index (χ1v) is 9.32. The minimum atomic E-state index is -0.169. The third kappa shape index (κ3) is 3.15. The number of carbonyl (C=O) groups excluding carboxylic acids is 1. The molecular formula is C20H22N6O2. The lowest BCUT2D eigenvalue weighted by atomic mass is 10.0. The minimum absolute atomic E-state index is 0.136. The van der Waals surface area contributed by atoms with E-state index in [2.05, 4.69) is 20.1 Å². The van der Waals surface area contributed by atoms with Crippen molar-refractivity contribution in [3.05, 3.63) is 52.8 Å². The zero-order valence-corrected chi connectivity index (χ0v) is 16.4. The molecule has 3 aromatic heterocycles. The highest BCUT2D eigenvalue weighted by Gasteiger charge is 2.35. The molecule has 0 unspecified atom stereocenters. The Morgan fingerprint density at radius 3 is 2.61 bits per heavy atom. The molecule has 1 aliphatic heterocycles. The maximum atomic E-state index is 13.1. The molecule has 1 saturated heterocycles. The van der Waals surface area contributed by atoms with E-state index in [1.165, 1.54) is 6.20 Å². The molecule has 3 aromatic rings. The topological polar surface area (TPSA) is 97.9 Å². The average molecular weight is 378 g/mol. The lowest BCUT2D eigenvalue weighted by molar-refractivity contribution is 0.0726. The maximum Gasteiger partial charge on any atom is 0.274 e. The molecule has 8 heteroatoms. The molecule has 0 spiro atoms. The predicted octanol–water partition coefficient (Wildman–Crippen LogP) is 3.13. The number of nitrogens with zero attached hydrogens (tertiary/aromatic N) is 6. The molecule has 4 heterocycles. The molecule has 0 saturated carbocycles. The second-order valence-corrected chi connectivity index (χ2v) is 7.14. The van der Waals surface area contributed by atoms with E-state index < -0.39 is 0 Å². The van der Waals surface area contributed by atoms with Gasteiger partial charge in [0, 0.05) is 24.5 Å². The molecule has 0 aromatic carbocycles. The molecule has 1 aliphatic rings. The summed E-state index contributed by atoms with van der Waals surface area (Å²) >= 11 is 0. The van der Waals surface area contributed by atoms with Crippen molar-refractivity contribution >= 4 is 5.91 Å². The van der Waals surface area contributed by atoms with Crippen molar-refractivity contribution < 1.29 is 9.32 Å². The first-order chi connectivity index (χ1) is 13.5. The number of likely N-dealkylation sites (tertiary alicyclic amines) is 1. The Hall–Kier alpha value is -3.16. The van der Waals surface area contributed by atoms with Gasteiger partial charge >= 0.3 is 0 Å². The third-order valence-electron chi connectivity index (χ3n) is 5.17. The fraction of sp³-hybridized carbons (Fsp3) is 0.400. The van der Waals surface area contributed by atoms with Gasteiger partial charge in [-0.3, -0.25) is 9.78 Å². The molecule has 4 rings (SSSR count). The summed E-state index contributed by atoms with van der Waals surface area (Å²) in [5.74, 6) is 1.17. The number of aryl methyl sites for hydroxylation is 3. The molecule has 8 nitrogen and oxygen atoms in total. The largest absolute Gasteiger partial charge is 0.356 e. The van der Waals surface area contributed by atoms with E-state index in [4.69, 9.17) is 9.51 Å². The normalized spacial score (nSPS) is 16.6. The van der Waals surface area contributed by atoms with Crippen molar-refractivity contribution in [2.75, 3.05) is 6.54 Å². The van der Waals surface area contributed by atoms with Gasteiger partial charge in [0.25, 0.3) is 5.91 Å². The standard InChI is InChI=1S/C20H22N6O2/c1-11-8-23-16(10-21-11)20(27)26-7-5-6-17(26)18-15(9-22-14(4)24-18)19-12(2)13(3)25-28-19/h8-10,17H,5-7H2,1-4H3/t17-/m1/s1. The van der Waals surface area contributed by atoms with Crippen LogP contribution in [0.2, 0.25) is 0 Å². The van der Waals surface area contributed by atoms with Gasteiger partial charge in [-0.15, -0.1) is 0 Å². The van der Waals surface area contributed by atoms with Crippen molar-refractivity contribution in [1.29, 1.82) is 0 Å². The van der Waals surface area contributed by atoms with Crippen molar-refractivity contribution in [3.63, 3.8) is 0 Å². The quantitative estimate of drug-likeness (QED) is 0.690. The van der Waals surface area contributed by atoms with Crippen LogP contribution in [0.25, 0.3) is 11.3 Å². The van der Waals surface area contributed by atoms with Gasteiger partial charge < -0.3 is 9.42 Å². The van der Waals surface area contributed by atoms with Gasteiger partial charge in [0.15, 0.2) is 5.76 Å². The van der Waals surface area contributed by atoms with Crippen molar-refractivity contribution in [1.82, 2.24) is 30.0 Å². The fourth-order valence-corrected chi connectivity index (χ4v) is 3.53. The Kier molecular flexibility index (Phi) is 4.62.